The van der Waals surface area contributed by atoms with Gasteiger partial charge in [-0.05, 0) is 75.3 Å². The summed E-state index contributed by atoms with van der Waals surface area (Å²) in [5.41, 5.74) is 2.62. The van der Waals surface area contributed by atoms with Gasteiger partial charge in [-0.15, -0.1) is 0 Å². The maximum atomic E-state index is 12.5. The van der Waals surface area contributed by atoms with Gasteiger partial charge in [-0.2, -0.15) is 5.10 Å². The van der Waals surface area contributed by atoms with Crippen LogP contribution in [0.25, 0.3) is 5.69 Å². The molecule has 0 saturated heterocycles. The number of carboxylic acids is 1. The lowest BCUT2D eigenvalue weighted by molar-refractivity contribution is -0.143. The van der Waals surface area contributed by atoms with Crippen molar-refractivity contribution in [2.24, 2.45) is 5.92 Å². The molecule has 4 rings (SSSR count). The fraction of sp³-hybridized carbons (Fsp3) is 0.560. The highest BCUT2D eigenvalue weighted by Crippen LogP contribution is 2.29. The first kappa shape index (κ1) is 23.1. The molecule has 0 unspecified atom stereocenters. The molecule has 2 aliphatic carbocycles. The zero-order valence-electron chi connectivity index (χ0n) is 19.4. The van der Waals surface area contributed by atoms with Gasteiger partial charge in [0.05, 0.1) is 29.6 Å². The fourth-order valence-corrected chi connectivity index (χ4v) is 4.86. The zero-order chi connectivity index (χ0) is 23.4. The topological polar surface area (TPSA) is 93.9 Å². The minimum atomic E-state index is -0.740. The van der Waals surface area contributed by atoms with Crippen molar-refractivity contribution in [3.05, 3.63) is 41.7 Å². The summed E-state index contributed by atoms with van der Waals surface area (Å²) in [5.74, 6) is -0.353. The molecule has 178 valence electrons. The number of carbonyl (C=O) groups excluding carboxylic acids is 1. The van der Waals surface area contributed by atoms with Gasteiger partial charge in [-0.1, -0.05) is 12.8 Å². The first-order valence-corrected chi connectivity index (χ1v) is 11.9. The molecule has 1 N–H and O–H groups in total. The van der Waals surface area contributed by atoms with Crippen molar-refractivity contribution in [1.29, 1.82) is 0 Å². The van der Waals surface area contributed by atoms with E-state index in [2.05, 4.69) is 5.10 Å². The molecule has 33 heavy (non-hydrogen) atoms. The number of carboxylic acid groups (broad SMARTS) is 1. The van der Waals surface area contributed by atoms with Gasteiger partial charge in [-0.25, -0.2) is 9.48 Å². The largest absolute Gasteiger partial charge is 0.490 e. The number of amides is 1. The Kier molecular flexibility index (Phi) is 7.20. The summed E-state index contributed by atoms with van der Waals surface area (Å²) in [7, 11) is 1.81. The number of aromatic nitrogens is 2. The molecule has 0 radical (unpaired) electrons. The second-order valence-corrected chi connectivity index (χ2v) is 9.23. The SMILES string of the molecule is Cc1cnn(-c2ccc(O[C@H]3CCC[C@H](C(=O)O)C3)cc2)c1COC(=O)N(C)C1CCCC1. The summed E-state index contributed by atoms with van der Waals surface area (Å²) in [5, 5.41) is 13.7. The van der Waals surface area contributed by atoms with Crippen LogP contribution < -0.4 is 4.74 Å². The molecule has 1 heterocycles. The van der Waals surface area contributed by atoms with Crippen LogP contribution in [-0.2, 0) is 16.1 Å². The van der Waals surface area contributed by atoms with Crippen LogP contribution in [0.2, 0.25) is 0 Å². The van der Waals surface area contributed by atoms with Crippen LogP contribution in [0.3, 0.4) is 0 Å². The molecule has 8 heteroatoms. The van der Waals surface area contributed by atoms with Crippen molar-refractivity contribution in [3.8, 4) is 11.4 Å². The van der Waals surface area contributed by atoms with Crippen molar-refractivity contribution >= 4 is 12.1 Å². The van der Waals surface area contributed by atoms with Gasteiger partial charge >= 0.3 is 12.1 Å². The molecule has 2 saturated carbocycles. The smallest absolute Gasteiger partial charge is 0.410 e. The number of aliphatic carboxylic acids is 1. The molecule has 0 spiro atoms. The number of ether oxygens (including phenoxy) is 2. The quantitative estimate of drug-likeness (QED) is 0.650. The molecule has 2 aliphatic rings. The van der Waals surface area contributed by atoms with E-state index < -0.39 is 5.97 Å². The minimum Gasteiger partial charge on any atom is -0.490 e. The second kappa shape index (κ2) is 10.3. The lowest BCUT2D eigenvalue weighted by Crippen LogP contribution is -2.35. The maximum Gasteiger partial charge on any atom is 0.410 e. The third kappa shape index (κ3) is 5.49. The van der Waals surface area contributed by atoms with Gasteiger partial charge in [0.2, 0.25) is 0 Å². The van der Waals surface area contributed by atoms with E-state index in [9.17, 15) is 14.7 Å². The monoisotopic (exact) mass is 455 g/mol. The lowest BCUT2D eigenvalue weighted by atomic mass is 9.87. The number of carbonyl (C=O) groups is 2. The molecule has 1 aromatic heterocycles. The molecule has 2 aromatic rings. The molecule has 8 nitrogen and oxygen atoms in total. The van der Waals surface area contributed by atoms with Crippen molar-refractivity contribution in [3.63, 3.8) is 0 Å². The zero-order valence-corrected chi connectivity index (χ0v) is 19.4. The molecule has 1 amide bonds. The van der Waals surface area contributed by atoms with Gasteiger partial charge < -0.3 is 19.5 Å². The summed E-state index contributed by atoms with van der Waals surface area (Å²) in [6.07, 6.45) is 8.78. The molecule has 2 atom stereocenters. The Balaban J connectivity index is 1.38. The van der Waals surface area contributed by atoms with E-state index in [4.69, 9.17) is 9.47 Å². The van der Waals surface area contributed by atoms with Crippen LogP contribution in [-0.4, -0.2) is 51.0 Å². The Labute approximate surface area is 194 Å². The van der Waals surface area contributed by atoms with Gasteiger partial charge in [0, 0.05) is 13.1 Å². The summed E-state index contributed by atoms with van der Waals surface area (Å²) in [6, 6.07) is 7.84. The summed E-state index contributed by atoms with van der Waals surface area (Å²) < 4.78 is 13.4. The fourth-order valence-electron chi connectivity index (χ4n) is 4.86. The van der Waals surface area contributed by atoms with E-state index in [1.165, 1.54) is 0 Å². The van der Waals surface area contributed by atoms with E-state index in [-0.39, 0.29) is 30.8 Å². The molecule has 0 aliphatic heterocycles. The van der Waals surface area contributed by atoms with Crippen molar-refractivity contribution in [2.45, 2.75) is 77.0 Å². The second-order valence-electron chi connectivity index (χ2n) is 9.23. The van der Waals surface area contributed by atoms with Crippen LogP contribution in [0.4, 0.5) is 4.79 Å². The van der Waals surface area contributed by atoms with E-state index in [1.807, 2.05) is 38.2 Å². The third-order valence-corrected chi connectivity index (χ3v) is 6.93. The van der Waals surface area contributed by atoms with E-state index in [1.54, 1.807) is 15.8 Å². The van der Waals surface area contributed by atoms with Crippen LogP contribution in [0.15, 0.2) is 30.5 Å². The van der Waals surface area contributed by atoms with Crippen molar-refractivity contribution < 1.29 is 24.2 Å². The molecule has 2 fully saturated rings. The number of rotatable bonds is 7. The van der Waals surface area contributed by atoms with Crippen LogP contribution >= 0.6 is 0 Å². The minimum absolute atomic E-state index is 0.0792. The molecule has 0 bridgehead atoms. The van der Waals surface area contributed by atoms with Crippen molar-refractivity contribution in [2.75, 3.05) is 7.05 Å². The number of aryl methyl sites for hydroxylation is 1. The average Bonchev–Trinajstić information content (AvgIpc) is 3.48. The summed E-state index contributed by atoms with van der Waals surface area (Å²) in [4.78, 5) is 25.5. The van der Waals surface area contributed by atoms with E-state index in [0.717, 1.165) is 61.9 Å². The summed E-state index contributed by atoms with van der Waals surface area (Å²) in [6.45, 7) is 2.10. The van der Waals surface area contributed by atoms with Gasteiger partial charge in [0.15, 0.2) is 0 Å². The number of benzene rings is 1. The molecular formula is C25H33N3O5. The number of hydrogen-bond donors (Lipinski definition) is 1. The van der Waals surface area contributed by atoms with Gasteiger partial charge in [-0.3, -0.25) is 4.79 Å². The van der Waals surface area contributed by atoms with Crippen LogP contribution in [0, 0.1) is 12.8 Å². The third-order valence-electron chi connectivity index (χ3n) is 6.93. The predicted octanol–water partition coefficient (Wildman–Crippen LogP) is 4.71. The van der Waals surface area contributed by atoms with Gasteiger partial charge in [0.1, 0.15) is 12.4 Å². The van der Waals surface area contributed by atoms with Crippen molar-refractivity contribution in [1.82, 2.24) is 14.7 Å². The van der Waals surface area contributed by atoms with Crippen LogP contribution in [0.5, 0.6) is 5.75 Å². The lowest BCUT2D eigenvalue weighted by Gasteiger charge is -2.27. The molecular weight excluding hydrogens is 422 g/mol. The molecule has 1 aromatic carbocycles. The Bertz CT molecular complexity index is 965. The highest BCUT2D eigenvalue weighted by molar-refractivity contribution is 5.70. The van der Waals surface area contributed by atoms with Gasteiger partial charge in [0.25, 0.3) is 0 Å². The highest BCUT2D eigenvalue weighted by Gasteiger charge is 2.28. The average molecular weight is 456 g/mol. The first-order chi connectivity index (χ1) is 15.9. The number of hydrogen-bond acceptors (Lipinski definition) is 5. The maximum absolute atomic E-state index is 12.5. The normalized spacial score (nSPS) is 21.0. The Morgan fingerprint density at radius 1 is 1.12 bits per heavy atom. The first-order valence-electron chi connectivity index (χ1n) is 11.9. The Morgan fingerprint density at radius 3 is 2.55 bits per heavy atom. The highest BCUT2D eigenvalue weighted by atomic mass is 16.6. The number of nitrogens with zero attached hydrogens (tertiary/aromatic N) is 3. The Hall–Kier alpha value is -3.03. The van der Waals surface area contributed by atoms with E-state index >= 15 is 0 Å². The van der Waals surface area contributed by atoms with E-state index in [0.29, 0.717) is 12.2 Å². The van der Waals surface area contributed by atoms with Crippen LogP contribution in [0.1, 0.15) is 62.6 Å². The predicted molar refractivity (Wildman–Crippen MR) is 123 cm³/mol. The Morgan fingerprint density at radius 2 is 1.85 bits per heavy atom. The summed E-state index contributed by atoms with van der Waals surface area (Å²) >= 11 is 0. The standard InChI is InChI=1S/C25H33N3O5/c1-17-15-26-28(23(17)16-32-25(31)27(2)19-7-3-4-8-19)20-10-12-21(13-11-20)33-22-9-5-6-18(14-22)24(29)30/h10-13,15,18-19,22H,3-9,14,16H2,1-2H3,(H,29,30)/t18-,22-/m0/s1.